The smallest absolute Gasteiger partial charge is 0.137 e. The highest BCUT2D eigenvalue weighted by molar-refractivity contribution is 6.36. The third-order valence-electron chi connectivity index (χ3n) is 14.2. The first-order chi connectivity index (χ1) is 40.2. The second-order valence-electron chi connectivity index (χ2n) is 19.9. The standard InChI is InChI=1S/C32H29F2N5O2.C16H11ClF2N2.C16H19N3O2/c1-19-8-9-35-27(14-19)30-20(2)31(29-25(34)15-22(33)16-26(29)37-30)38-28-17-23(39-10-12-41-13-11-39)18-36-32(28)21-4-6-24(40-3)7-5-21;1-8-3-4-20-13(5-8)16-9(2)15(17)14-11(19)6-10(18)7-12(14)21-16;1-20-14-4-2-12(3-5-14)16-15(17)10-13(11-18-16)19-6-8-21-9-7-19/h4-9,14-18H,10-13H2,1-3H3,(H,37,38);3-7H,1-2H3;2-5,10-11H,6-9,17H2,1H3. The number of halogens is 5. The van der Waals surface area contributed by atoms with E-state index in [1.54, 1.807) is 33.5 Å². The molecule has 4 aromatic carbocycles. The van der Waals surface area contributed by atoms with Gasteiger partial charge in [0.05, 0.1) is 142 Å². The molecule has 2 saturated heterocycles. The zero-order valence-electron chi connectivity index (χ0n) is 46.5. The van der Waals surface area contributed by atoms with Crippen molar-refractivity contribution < 1.29 is 36.5 Å². The maximum Gasteiger partial charge on any atom is 0.137 e. The second kappa shape index (κ2) is 25.4. The molecule has 12 rings (SSSR count). The molecule has 0 radical (unpaired) electrons. The second-order valence-corrected chi connectivity index (χ2v) is 20.2. The number of fused-ring (bicyclic) bond motifs is 2. The van der Waals surface area contributed by atoms with Crippen molar-refractivity contribution >= 4 is 61.8 Å². The molecule has 424 valence electrons. The minimum atomic E-state index is -0.714. The summed E-state index contributed by atoms with van der Waals surface area (Å²) in [5, 5.41) is 4.05. The lowest BCUT2D eigenvalue weighted by Gasteiger charge is -2.29. The summed E-state index contributed by atoms with van der Waals surface area (Å²) in [7, 11) is 3.27. The number of hydrogen-bond acceptors (Lipinski definition) is 14. The highest BCUT2D eigenvalue weighted by atomic mass is 35.5. The van der Waals surface area contributed by atoms with E-state index in [0.717, 1.165) is 102 Å². The molecule has 0 unspecified atom stereocenters. The largest absolute Gasteiger partial charge is 0.497 e. The summed E-state index contributed by atoms with van der Waals surface area (Å²) < 4.78 is 78.6. The summed E-state index contributed by atoms with van der Waals surface area (Å²) in [5.74, 6) is -1.25. The molecule has 3 N–H and O–H groups in total. The average molecular weight is 1140 g/mol. The molecule has 0 bridgehead atoms. The maximum atomic E-state index is 15.5. The van der Waals surface area contributed by atoms with Gasteiger partial charge in [0.15, 0.2) is 0 Å². The van der Waals surface area contributed by atoms with Crippen LogP contribution in [0.15, 0.2) is 134 Å². The molecule has 6 aromatic heterocycles. The molecule has 10 aromatic rings. The van der Waals surface area contributed by atoms with Crippen molar-refractivity contribution in [1.82, 2.24) is 29.9 Å². The predicted molar refractivity (Wildman–Crippen MR) is 320 cm³/mol. The van der Waals surface area contributed by atoms with Crippen molar-refractivity contribution in [1.29, 1.82) is 0 Å². The van der Waals surface area contributed by atoms with Crippen LogP contribution in [0.1, 0.15) is 22.3 Å². The molecular formula is C64H59ClF4N10O4. The Morgan fingerprint density at radius 3 is 1.48 bits per heavy atom. The number of ether oxygens (including phenoxy) is 4. The molecule has 0 spiro atoms. The van der Waals surface area contributed by atoms with Crippen molar-refractivity contribution in [2.45, 2.75) is 27.7 Å². The number of nitrogens with zero attached hydrogens (tertiary/aromatic N) is 8. The molecule has 0 saturated carbocycles. The average Bonchev–Trinajstić information content (AvgIpc) is 3.63. The number of pyridine rings is 6. The maximum absolute atomic E-state index is 15.5. The van der Waals surface area contributed by atoms with E-state index in [0.29, 0.717) is 69.9 Å². The number of morpholine rings is 2. The monoisotopic (exact) mass is 1140 g/mol. The predicted octanol–water partition coefficient (Wildman–Crippen LogP) is 13.9. The number of aromatic nitrogens is 6. The Morgan fingerprint density at radius 1 is 0.530 bits per heavy atom. The summed E-state index contributed by atoms with van der Waals surface area (Å²) in [5.41, 5.74) is 19.3. The van der Waals surface area contributed by atoms with E-state index in [4.69, 9.17) is 41.3 Å². The summed E-state index contributed by atoms with van der Waals surface area (Å²) in [4.78, 5) is 31.6. The van der Waals surface area contributed by atoms with Crippen LogP contribution in [0.5, 0.6) is 11.5 Å². The highest BCUT2D eigenvalue weighted by Gasteiger charge is 2.23. The van der Waals surface area contributed by atoms with E-state index in [1.165, 1.54) is 12.1 Å². The van der Waals surface area contributed by atoms with E-state index >= 15 is 4.39 Å². The van der Waals surface area contributed by atoms with Crippen LogP contribution in [-0.4, -0.2) is 96.7 Å². The van der Waals surface area contributed by atoms with Crippen molar-refractivity contribution in [2.24, 2.45) is 0 Å². The molecule has 83 heavy (non-hydrogen) atoms. The van der Waals surface area contributed by atoms with Crippen LogP contribution < -0.4 is 30.3 Å². The molecule has 0 atom stereocenters. The Bertz CT molecular complexity index is 3980. The SMILES string of the molecule is COc1ccc(-c2ncc(N3CCOCC3)cc2N)cc1.COc1ccc(-c2ncc(N3CCOCC3)cc2Nc2c(C)c(-c3cc(C)ccn3)nc3cc(F)cc(F)c23)cc1.Cc1ccnc(-c2nc3cc(F)cc(F)c3c(Cl)c2C)c1. The van der Waals surface area contributed by atoms with E-state index in [9.17, 15) is 13.2 Å². The first-order valence-electron chi connectivity index (χ1n) is 26.7. The molecule has 0 amide bonds. The number of anilines is 5. The third kappa shape index (κ3) is 12.9. The molecule has 0 aliphatic carbocycles. The van der Waals surface area contributed by atoms with Gasteiger partial charge in [-0.2, -0.15) is 0 Å². The molecule has 19 heteroatoms. The topological polar surface area (TPSA) is 159 Å². The number of aryl methyl sites for hydroxylation is 2. The van der Waals surface area contributed by atoms with Gasteiger partial charge in [-0.05, 0) is 129 Å². The summed E-state index contributed by atoms with van der Waals surface area (Å²) in [6.45, 7) is 13.5. The van der Waals surface area contributed by atoms with Crippen LogP contribution in [0.2, 0.25) is 5.02 Å². The van der Waals surface area contributed by atoms with Gasteiger partial charge in [-0.15, -0.1) is 0 Å². The number of nitrogen functional groups attached to an aromatic ring is 1. The highest BCUT2D eigenvalue weighted by Crippen LogP contribution is 2.41. The first kappa shape index (κ1) is 57.3. The quantitative estimate of drug-likeness (QED) is 0.125. The van der Waals surface area contributed by atoms with Crippen LogP contribution in [0.4, 0.5) is 46.0 Å². The van der Waals surface area contributed by atoms with Crippen molar-refractivity contribution in [3.05, 3.63) is 185 Å². The Kier molecular flexibility index (Phi) is 17.6. The molecule has 14 nitrogen and oxygen atoms in total. The molecule has 2 aliphatic rings. The van der Waals surface area contributed by atoms with Gasteiger partial charge in [0.1, 0.15) is 34.8 Å². The van der Waals surface area contributed by atoms with Gasteiger partial charge >= 0.3 is 0 Å². The fraction of sp³-hybridized carbons (Fsp3) is 0.219. The van der Waals surface area contributed by atoms with E-state index in [-0.39, 0.29) is 26.8 Å². The number of hydrogen-bond donors (Lipinski definition) is 2. The zero-order chi connectivity index (χ0) is 58.3. The van der Waals surface area contributed by atoms with Crippen molar-refractivity contribution in [3.8, 4) is 56.8 Å². The normalized spacial score (nSPS) is 13.2. The molecule has 8 heterocycles. The Hall–Kier alpha value is -8.97. The third-order valence-corrected chi connectivity index (χ3v) is 14.7. The van der Waals surface area contributed by atoms with Gasteiger partial charge in [0.25, 0.3) is 0 Å². The van der Waals surface area contributed by atoms with Gasteiger partial charge in [0, 0.05) is 79.5 Å². The van der Waals surface area contributed by atoms with Crippen molar-refractivity contribution in [3.63, 3.8) is 0 Å². The summed E-state index contributed by atoms with van der Waals surface area (Å²) >= 11 is 6.25. The summed E-state index contributed by atoms with van der Waals surface area (Å²) in [6.07, 6.45) is 7.08. The van der Waals surface area contributed by atoms with Crippen LogP contribution in [0, 0.1) is 51.0 Å². The first-order valence-corrected chi connectivity index (χ1v) is 27.1. The van der Waals surface area contributed by atoms with E-state index in [2.05, 4.69) is 40.0 Å². The van der Waals surface area contributed by atoms with Crippen LogP contribution >= 0.6 is 11.6 Å². The van der Waals surface area contributed by atoms with Crippen LogP contribution in [0.3, 0.4) is 0 Å². The van der Waals surface area contributed by atoms with Crippen LogP contribution in [-0.2, 0) is 9.47 Å². The van der Waals surface area contributed by atoms with Gasteiger partial charge in [0.2, 0.25) is 0 Å². The lowest BCUT2D eigenvalue weighted by atomic mass is 10.0. The Balaban J connectivity index is 0.000000154. The zero-order valence-corrected chi connectivity index (χ0v) is 47.3. The van der Waals surface area contributed by atoms with Gasteiger partial charge in [-0.3, -0.25) is 19.9 Å². The number of nitrogens with two attached hydrogens (primary N) is 1. The Morgan fingerprint density at radius 2 is 0.988 bits per heavy atom. The lowest BCUT2D eigenvalue weighted by molar-refractivity contribution is 0.122. The Labute approximate surface area is 482 Å². The van der Waals surface area contributed by atoms with E-state index in [1.807, 2.05) is 118 Å². The number of nitrogens with one attached hydrogen (secondary N) is 1. The fourth-order valence-corrected chi connectivity index (χ4v) is 10.1. The number of benzene rings is 4. The minimum Gasteiger partial charge on any atom is -0.497 e. The van der Waals surface area contributed by atoms with E-state index < -0.39 is 23.3 Å². The summed E-state index contributed by atoms with van der Waals surface area (Å²) in [6, 6.07) is 30.9. The fourth-order valence-electron chi connectivity index (χ4n) is 9.87. The van der Waals surface area contributed by atoms with Gasteiger partial charge in [-0.1, -0.05) is 11.6 Å². The number of rotatable bonds is 10. The van der Waals surface area contributed by atoms with Crippen molar-refractivity contribution in [2.75, 3.05) is 87.7 Å². The molecule has 2 aliphatic heterocycles. The lowest BCUT2D eigenvalue weighted by Crippen LogP contribution is -2.36. The molecule has 2 fully saturated rings. The van der Waals surface area contributed by atoms with Crippen LogP contribution in [0.25, 0.3) is 67.1 Å². The minimum absolute atomic E-state index is 0.131. The van der Waals surface area contributed by atoms with Gasteiger partial charge < -0.3 is 39.8 Å². The van der Waals surface area contributed by atoms with Gasteiger partial charge in [-0.25, -0.2) is 27.5 Å². The molecular weight excluding hydrogens is 1080 g/mol. The number of methoxy groups -OCH3 is 2.